The molecule has 0 atom stereocenters. The number of nitrogens with one attached hydrogen (secondary N) is 2. The van der Waals surface area contributed by atoms with Crippen LogP contribution in [0, 0.1) is 0 Å². The van der Waals surface area contributed by atoms with Crippen LogP contribution < -0.4 is 15.5 Å². The van der Waals surface area contributed by atoms with Gasteiger partial charge in [0.1, 0.15) is 11.4 Å². The quantitative estimate of drug-likeness (QED) is 0.149. The molecule has 35 heavy (non-hydrogen) atoms. The molecule has 0 spiro atoms. The van der Waals surface area contributed by atoms with Crippen molar-refractivity contribution in [3.63, 3.8) is 0 Å². The van der Waals surface area contributed by atoms with E-state index in [0.717, 1.165) is 24.8 Å². The fraction of sp³-hybridized carbons (Fsp3) is 0.296. The van der Waals surface area contributed by atoms with E-state index in [2.05, 4.69) is 5.32 Å². The number of ketones is 1. The summed E-state index contributed by atoms with van der Waals surface area (Å²) in [4.78, 5) is 37.3. The zero-order valence-corrected chi connectivity index (χ0v) is 19.8. The minimum absolute atomic E-state index is 0.153. The van der Waals surface area contributed by atoms with Crippen LogP contribution in [0.15, 0.2) is 66.7 Å². The third-order valence-electron chi connectivity index (χ3n) is 5.70. The Hall–Kier alpha value is -3.91. The molecule has 2 aromatic carbocycles. The average Bonchev–Trinajstić information content (AvgIpc) is 3.31. The Morgan fingerprint density at radius 1 is 0.886 bits per heavy atom. The molecule has 0 aliphatic rings. The summed E-state index contributed by atoms with van der Waals surface area (Å²) < 4.78 is 7.06. The van der Waals surface area contributed by atoms with E-state index in [1.54, 1.807) is 41.4 Å². The zero-order valence-electron chi connectivity index (χ0n) is 19.8. The highest BCUT2D eigenvalue weighted by molar-refractivity contribution is 6.09. The van der Waals surface area contributed by atoms with Crippen molar-refractivity contribution in [2.75, 3.05) is 13.7 Å². The second kappa shape index (κ2) is 13.1. The molecule has 0 saturated heterocycles. The number of hydrogen-bond acceptors (Lipinski definition) is 5. The highest BCUT2D eigenvalue weighted by atomic mass is 16.5. The number of hydroxylamine groups is 1. The largest absolute Gasteiger partial charge is 0.497 e. The van der Waals surface area contributed by atoms with Crippen molar-refractivity contribution in [3.05, 3.63) is 89.2 Å². The summed E-state index contributed by atoms with van der Waals surface area (Å²) in [6, 6.07) is 19.9. The molecule has 0 aliphatic carbocycles. The van der Waals surface area contributed by atoms with E-state index < -0.39 is 5.91 Å². The first-order chi connectivity index (χ1) is 17.0. The highest BCUT2D eigenvalue weighted by Crippen LogP contribution is 2.19. The minimum Gasteiger partial charge on any atom is -0.497 e. The van der Waals surface area contributed by atoms with Crippen LogP contribution >= 0.6 is 0 Å². The molecule has 2 amide bonds. The molecule has 0 unspecified atom stereocenters. The maximum absolute atomic E-state index is 13.2. The first-order valence-electron chi connectivity index (χ1n) is 11.7. The topological polar surface area (TPSA) is 110 Å². The first kappa shape index (κ1) is 25.7. The summed E-state index contributed by atoms with van der Waals surface area (Å²) in [5.74, 6) is -0.0943. The summed E-state index contributed by atoms with van der Waals surface area (Å²) in [5.41, 5.74) is 3.93. The van der Waals surface area contributed by atoms with Gasteiger partial charge in [-0.15, -0.1) is 0 Å². The Labute approximate surface area is 204 Å². The average molecular weight is 478 g/mol. The van der Waals surface area contributed by atoms with Crippen LogP contribution in [0.1, 0.15) is 64.2 Å². The lowest BCUT2D eigenvalue weighted by Crippen LogP contribution is -2.28. The van der Waals surface area contributed by atoms with Gasteiger partial charge in [0.25, 0.3) is 5.91 Å². The number of hydrogen-bond donors (Lipinski definition) is 3. The lowest BCUT2D eigenvalue weighted by Gasteiger charge is -2.14. The molecule has 1 aromatic heterocycles. The van der Waals surface area contributed by atoms with E-state index in [-0.39, 0.29) is 18.1 Å². The summed E-state index contributed by atoms with van der Waals surface area (Å²) in [5, 5.41) is 11.4. The van der Waals surface area contributed by atoms with Crippen LogP contribution in [0.2, 0.25) is 0 Å². The van der Waals surface area contributed by atoms with E-state index in [0.29, 0.717) is 42.2 Å². The molecule has 1 heterocycles. The Bertz CT molecular complexity index is 1140. The number of benzene rings is 2. The van der Waals surface area contributed by atoms with Gasteiger partial charge in [-0.05, 0) is 42.7 Å². The van der Waals surface area contributed by atoms with Crippen molar-refractivity contribution in [3.8, 4) is 5.75 Å². The molecular weight excluding hydrogens is 446 g/mol. The van der Waals surface area contributed by atoms with Crippen molar-refractivity contribution in [1.82, 2.24) is 15.4 Å². The van der Waals surface area contributed by atoms with Crippen LogP contribution in [-0.4, -0.2) is 41.0 Å². The number of carbonyl (C=O) groups excluding carboxylic acids is 3. The maximum atomic E-state index is 13.2. The number of rotatable bonds is 13. The van der Waals surface area contributed by atoms with Crippen LogP contribution in [0.25, 0.3) is 0 Å². The number of nitrogens with zero attached hydrogens (tertiary/aromatic N) is 1. The number of methoxy groups -OCH3 is 1. The Kier molecular flexibility index (Phi) is 9.62. The molecular formula is C27H31N3O5. The van der Waals surface area contributed by atoms with E-state index in [1.807, 2.05) is 42.5 Å². The molecule has 0 bridgehead atoms. The van der Waals surface area contributed by atoms with Gasteiger partial charge < -0.3 is 14.6 Å². The molecule has 0 saturated carbocycles. The number of aromatic nitrogens is 1. The standard InChI is InChI=1S/C27H31N3O5/c1-35-22-13-9-10-20(18-22)19-30-23(26(32)21-11-5-4-6-12-21)15-16-24(30)27(33)28-17-8-3-2-7-14-25(31)29-34/h4-6,9-13,15-16,18,34H,2-3,7-8,14,17,19H2,1H3,(H,28,33)(H,29,31). The molecule has 0 radical (unpaired) electrons. The Morgan fingerprint density at radius 3 is 2.37 bits per heavy atom. The van der Waals surface area contributed by atoms with Gasteiger partial charge in [-0.3, -0.25) is 19.6 Å². The SMILES string of the molecule is COc1cccc(Cn2c(C(=O)NCCCCCCC(=O)NO)ccc2C(=O)c2ccccc2)c1. The second-order valence-electron chi connectivity index (χ2n) is 8.19. The molecule has 8 heteroatoms. The van der Waals surface area contributed by atoms with Crippen LogP contribution in [0.5, 0.6) is 5.75 Å². The monoisotopic (exact) mass is 477 g/mol. The summed E-state index contributed by atoms with van der Waals surface area (Å²) in [6.45, 7) is 0.825. The van der Waals surface area contributed by atoms with Gasteiger partial charge in [-0.2, -0.15) is 0 Å². The predicted molar refractivity (Wildman–Crippen MR) is 132 cm³/mol. The van der Waals surface area contributed by atoms with Crippen LogP contribution in [0.4, 0.5) is 0 Å². The number of ether oxygens (including phenoxy) is 1. The molecule has 184 valence electrons. The molecule has 3 aromatic rings. The molecule has 0 fully saturated rings. The minimum atomic E-state index is -0.393. The van der Waals surface area contributed by atoms with E-state index in [9.17, 15) is 14.4 Å². The smallest absolute Gasteiger partial charge is 0.267 e. The lowest BCUT2D eigenvalue weighted by atomic mass is 10.1. The van der Waals surface area contributed by atoms with Gasteiger partial charge >= 0.3 is 0 Å². The zero-order chi connectivity index (χ0) is 25.0. The van der Waals surface area contributed by atoms with Crippen molar-refractivity contribution in [1.29, 1.82) is 0 Å². The Balaban J connectivity index is 1.71. The van der Waals surface area contributed by atoms with Gasteiger partial charge in [-0.1, -0.05) is 55.3 Å². The van der Waals surface area contributed by atoms with E-state index in [1.165, 1.54) is 0 Å². The van der Waals surface area contributed by atoms with E-state index in [4.69, 9.17) is 9.94 Å². The first-order valence-corrected chi connectivity index (χ1v) is 11.7. The second-order valence-corrected chi connectivity index (χ2v) is 8.19. The third-order valence-corrected chi connectivity index (χ3v) is 5.70. The van der Waals surface area contributed by atoms with Gasteiger partial charge in [-0.25, -0.2) is 5.48 Å². The fourth-order valence-electron chi connectivity index (χ4n) is 3.84. The predicted octanol–water partition coefficient (Wildman–Crippen LogP) is 3.96. The number of amides is 2. The molecule has 3 N–H and O–H groups in total. The van der Waals surface area contributed by atoms with Gasteiger partial charge in [0.2, 0.25) is 11.7 Å². The molecule has 3 rings (SSSR count). The Morgan fingerprint density at radius 2 is 1.63 bits per heavy atom. The lowest BCUT2D eigenvalue weighted by molar-refractivity contribution is -0.129. The fourth-order valence-corrected chi connectivity index (χ4v) is 3.84. The van der Waals surface area contributed by atoms with Crippen molar-refractivity contribution in [2.24, 2.45) is 0 Å². The molecule has 8 nitrogen and oxygen atoms in total. The summed E-state index contributed by atoms with van der Waals surface area (Å²) >= 11 is 0. The van der Waals surface area contributed by atoms with Crippen molar-refractivity contribution >= 4 is 17.6 Å². The number of unbranched alkanes of at least 4 members (excludes halogenated alkanes) is 3. The van der Waals surface area contributed by atoms with Crippen LogP contribution in [0.3, 0.4) is 0 Å². The van der Waals surface area contributed by atoms with Crippen molar-refractivity contribution < 1.29 is 24.3 Å². The van der Waals surface area contributed by atoms with Crippen LogP contribution in [-0.2, 0) is 11.3 Å². The summed E-state index contributed by atoms with van der Waals surface area (Å²) in [7, 11) is 1.60. The van der Waals surface area contributed by atoms with E-state index >= 15 is 0 Å². The highest BCUT2D eigenvalue weighted by Gasteiger charge is 2.20. The maximum Gasteiger partial charge on any atom is 0.267 e. The van der Waals surface area contributed by atoms with Gasteiger partial charge in [0.15, 0.2) is 0 Å². The van der Waals surface area contributed by atoms with Gasteiger partial charge in [0, 0.05) is 25.1 Å². The van der Waals surface area contributed by atoms with Crippen molar-refractivity contribution in [2.45, 2.75) is 38.6 Å². The molecule has 0 aliphatic heterocycles. The normalized spacial score (nSPS) is 10.6. The summed E-state index contributed by atoms with van der Waals surface area (Å²) in [6.07, 6.45) is 3.39. The third kappa shape index (κ3) is 7.28. The van der Waals surface area contributed by atoms with Gasteiger partial charge in [0.05, 0.1) is 12.8 Å². The number of carbonyl (C=O) groups is 3.